The molecule has 7 heteroatoms. The lowest BCUT2D eigenvalue weighted by Gasteiger charge is -2.24. The molecule has 1 unspecified atom stereocenters. The second-order valence-corrected chi connectivity index (χ2v) is 10.4. The van der Waals surface area contributed by atoms with Crippen LogP contribution in [0.2, 0.25) is 0 Å². The van der Waals surface area contributed by atoms with Crippen molar-refractivity contribution in [1.82, 2.24) is 0 Å². The molecule has 0 radical (unpaired) electrons. The van der Waals surface area contributed by atoms with Gasteiger partial charge in [0.2, 0.25) is 0 Å². The highest BCUT2D eigenvalue weighted by molar-refractivity contribution is 7.39. The third kappa shape index (κ3) is 5.07. The highest BCUT2D eigenvalue weighted by atomic mass is 32.2. The molecule has 0 fully saturated rings. The van der Waals surface area contributed by atoms with E-state index in [9.17, 15) is 14.9 Å². The molecule has 0 amide bonds. The van der Waals surface area contributed by atoms with E-state index in [0.717, 1.165) is 11.1 Å². The van der Waals surface area contributed by atoms with Gasteiger partial charge in [-0.2, -0.15) is 0 Å². The number of carbonyl (C=O) groups is 1. The summed E-state index contributed by atoms with van der Waals surface area (Å²) in [5.41, 5.74) is 0.892. The van der Waals surface area contributed by atoms with Gasteiger partial charge < -0.3 is 9.47 Å². The number of nitro groups is 1. The van der Waals surface area contributed by atoms with Crippen molar-refractivity contribution >= 4 is 22.1 Å². The lowest BCUT2D eigenvalue weighted by molar-refractivity contribution is -0.384. The van der Waals surface area contributed by atoms with Crippen LogP contribution in [0.1, 0.15) is 33.4 Å². The van der Waals surface area contributed by atoms with Crippen molar-refractivity contribution in [2.75, 3.05) is 6.61 Å². The van der Waals surface area contributed by atoms with Gasteiger partial charge in [-0.25, -0.2) is 4.79 Å². The molecule has 0 saturated heterocycles. The summed E-state index contributed by atoms with van der Waals surface area (Å²) in [6.07, 6.45) is 5.63. The molecule has 2 aromatic carbocycles. The van der Waals surface area contributed by atoms with Gasteiger partial charge in [-0.1, -0.05) is 5.92 Å². The van der Waals surface area contributed by atoms with Gasteiger partial charge in [0.15, 0.2) is 26.9 Å². The molecule has 33 heavy (non-hydrogen) atoms. The Morgan fingerprint density at radius 1 is 1.06 bits per heavy atom. The number of rotatable bonds is 7. The van der Waals surface area contributed by atoms with Crippen LogP contribution in [-0.4, -0.2) is 17.5 Å². The number of terminal acetylenes is 1. The molecule has 3 rings (SSSR count). The number of aryl methyl sites for hydroxylation is 4. The average molecular weight is 465 g/mol. The fraction of sp³-hybridized carbons (Fsp3) is 0.269. The molecule has 170 valence electrons. The summed E-state index contributed by atoms with van der Waals surface area (Å²) in [6.45, 7) is 9.43. The second kappa shape index (κ2) is 9.47. The zero-order valence-electron chi connectivity index (χ0n) is 19.3. The van der Waals surface area contributed by atoms with Gasteiger partial charge in [-0.05, 0) is 56.2 Å². The van der Waals surface area contributed by atoms with Gasteiger partial charge in [0.05, 0.1) is 4.92 Å². The van der Waals surface area contributed by atoms with Gasteiger partial charge in [-0.3, -0.25) is 10.1 Å². The fourth-order valence-corrected chi connectivity index (χ4v) is 5.96. The highest BCUT2D eigenvalue weighted by Gasteiger charge is 2.30. The molecule has 1 atom stereocenters. The number of thiophene rings is 1. The van der Waals surface area contributed by atoms with Crippen molar-refractivity contribution in [2.45, 2.75) is 40.2 Å². The van der Waals surface area contributed by atoms with Crippen LogP contribution in [0.4, 0.5) is 5.69 Å². The molecule has 0 aliphatic carbocycles. The minimum Gasteiger partial charge on any atom is -0.481 e. The smallest absolute Gasteiger partial charge is 0.345 e. The largest absolute Gasteiger partial charge is 0.481 e. The Bertz CT molecular complexity index is 1210. The lowest BCUT2D eigenvalue weighted by atomic mass is 9.96. The van der Waals surface area contributed by atoms with Gasteiger partial charge >= 0.3 is 5.97 Å². The molecular formula is C26H26NO5S+. The first-order valence-corrected chi connectivity index (χ1v) is 11.6. The number of carbonyl (C=O) groups excluding carboxylic acids is 1. The number of nitrogens with zero attached hydrogens (tertiary/aromatic N) is 1. The van der Waals surface area contributed by atoms with Crippen LogP contribution in [0, 0.1) is 50.2 Å². The van der Waals surface area contributed by atoms with Crippen molar-refractivity contribution < 1.29 is 19.2 Å². The Morgan fingerprint density at radius 3 is 2.09 bits per heavy atom. The van der Waals surface area contributed by atoms with Crippen LogP contribution in [0.3, 0.4) is 0 Å². The maximum atomic E-state index is 12.6. The van der Waals surface area contributed by atoms with Crippen molar-refractivity contribution in [1.29, 1.82) is 0 Å². The Balaban J connectivity index is 1.73. The topological polar surface area (TPSA) is 78.7 Å². The maximum Gasteiger partial charge on any atom is 0.345 e. The SMILES string of the molecule is C#CC(C)(OC(=O)COc1c(C)cc(-[s+]2c(C)ccc2C)cc1C)c1ccc([N+](=O)[O-])cc1. The predicted molar refractivity (Wildman–Crippen MR) is 130 cm³/mol. The van der Waals surface area contributed by atoms with E-state index in [1.54, 1.807) is 6.92 Å². The number of non-ortho nitro benzene ring substituents is 1. The zero-order chi connectivity index (χ0) is 24.3. The fourth-order valence-electron chi connectivity index (χ4n) is 3.71. The third-order valence-electron chi connectivity index (χ3n) is 5.42. The monoisotopic (exact) mass is 464 g/mol. The van der Waals surface area contributed by atoms with Gasteiger partial charge in [-0.15, -0.1) is 6.42 Å². The molecule has 0 spiro atoms. The highest BCUT2D eigenvalue weighted by Crippen LogP contribution is 2.41. The summed E-state index contributed by atoms with van der Waals surface area (Å²) in [5, 5.41) is 10.9. The van der Waals surface area contributed by atoms with Crippen molar-refractivity contribution in [3.63, 3.8) is 0 Å². The molecule has 3 aromatic rings. The van der Waals surface area contributed by atoms with Gasteiger partial charge in [0.25, 0.3) is 5.69 Å². The summed E-state index contributed by atoms with van der Waals surface area (Å²) in [4.78, 5) is 26.8. The van der Waals surface area contributed by atoms with E-state index < -0.39 is 16.5 Å². The van der Waals surface area contributed by atoms with E-state index in [1.807, 2.05) is 13.8 Å². The quantitative estimate of drug-likeness (QED) is 0.140. The predicted octanol–water partition coefficient (Wildman–Crippen LogP) is 6.04. The summed E-state index contributed by atoms with van der Waals surface area (Å²) in [7, 11) is -0.0516. The Hall–Kier alpha value is -3.63. The molecule has 0 saturated carbocycles. The summed E-state index contributed by atoms with van der Waals surface area (Å²) < 4.78 is 11.3. The summed E-state index contributed by atoms with van der Waals surface area (Å²) in [6, 6.07) is 14.1. The standard InChI is InChI=1S/C26H26NO5S/c1-7-26(6,21-10-12-22(13-11-21)27(29)30)32-24(28)16-31-25-17(2)14-23(15-18(25)3)33-19(4)8-9-20(33)5/h1,8-15H,16H2,2-6H3/q+1. The van der Waals surface area contributed by atoms with Crippen molar-refractivity contribution in [3.05, 3.63) is 85.1 Å². The minimum atomic E-state index is -1.37. The molecule has 0 aliphatic heterocycles. The number of esters is 1. The second-order valence-electron chi connectivity index (χ2n) is 7.99. The van der Waals surface area contributed by atoms with Crippen LogP contribution in [0.5, 0.6) is 5.75 Å². The average Bonchev–Trinajstić information content (AvgIpc) is 3.10. The van der Waals surface area contributed by atoms with Crippen molar-refractivity contribution in [2.24, 2.45) is 0 Å². The van der Waals surface area contributed by atoms with Crippen molar-refractivity contribution in [3.8, 4) is 23.0 Å². The summed E-state index contributed by atoms with van der Waals surface area (Å²) in [5.74, 6) is 2.47. The van der Waals surface area contributed by atoms with Gasteiger partial charge in [0.1, 0.15) is 5.75 Å². The van der Waals surface area contributed by atoms with E-state index >= 15 is 0 Å². The number of hydrogen-bond donors (Lipinski definition) is 0. The first-order valence-electron chi connectivity index (χ1n) is 10.3. The molecule has 0 aliphatic rings. The summed E-state index contributed by atoms with van der Waals surface area (Å²) >= 11 is 0. The lowest BCUT2D eigenvalue weighted by Crippen LogP contribution is -2.30. The maximum absolute atomic E-state index is 12.6. The Morgan fingerprint density at radius 2 is 1.61 bits per heavy atom. The Labute approximate surface area is 196 Å². The normalized spacial score (nSPS) is 12.5. The van der Waals surface area contributed by atoms with E-state index in [0.29, 0.717) is 11.3 Å². The number of hydrogen-bond acceptors (Lipinski definition) is 5. The van der Waals surface area contributed by atoms with E-state index in [1.165, 1.54) is 38.9 Å². The van der Waals surface area contributed by atoms with Crippen LogP contribution in [0.15, 0.2) is 48.5 Å². The molecule has 1 heterocycles. The third-order valence-corrected chi connectivity index (χ3v) is 7.69. The van der Waals surface area contributed by atoms with Crippen LogP contribution in [-0.2, 0) is 15.1 Å². The molecule has 1 aromatic heterocycles. The van der Waals surface area contributed by atoms with Crippen LogP contribution in [0.25, 0.3) is 4.90 Å². The molecule has 6 nitrogen and oxygen atoms in total. The zero-order valence-corrected chi connectivity index (χ0v) is 20.1. The Kier molecular flexibility index (Phi) is 6.89. The van der Waals surface area contributed by atoms with Crippen LogP contribution < -0.4 is 4.74 Å². The van der Waals surface area contributed by atoms with Crippen LogP contribution >= 0.6 is 10.5 Å². The number of benzene rings is 2. The van der Waals surface area contributed by atoms with E-state index in [2.05, 4.69) is 44.0 Å². The first-order chi connectivity index (χ1) is 15.6. The minimum absolute atomic E-state index is 0.0516. The number of nitro benzene ring substituents is 1. The van der Waals surface area contributed by atoms with Gasteiger partial charge in [0, 0.05) is 54.1 Å². The van der Waals surface area contributed by atoms with E-state index in [4.69, 9.17) is 15.9 Å². The molecule has 0 bridgehead atoms. The first kappa shape index (κ1) is 24.0. The van der Waals surface area contributed by atoms with E-state index in [-0.39, 0.29) is 22.8 Å². The molecule has 0 N–H and O–H groups in total. The molecular weight excluding hydrogens is 438 g/mol. The number of ether oxygens (including phenoxy) is 2.